The van der Waals surface area contributed by atoms with E-state index in [-0.39, 0.29) is 0 Å². The predicted molar refractivity (Wildman–Crippen MR) is 84.0 cm³/mol. The lowest BCUT2D eigenvalue weighted by Crippen LogP contribution is -2.30. The van der Waals surface area contributed by atoms with E-state index in [1.54, 1.807) is 11.8 Å². The Bertz CT molecular complexity index is 556. The van der Waals surface area contributed by atoms with Gasteiger partial charge in [-0.2, -0.15) is 0 Å². The van der Waals surface area contributed by atoms with Crippen molar-refractivity contribution in [3.63, 3.8) is 0 Å². The maximum absolute atomic E-state index is 4.62. The molecule has 3 rings (SSSR count). The molecule has 2 heterocycles. The number of hydrogen-bond acceptors (Lipinski definition) is 3. The van der Waals surface area contributed by atoms with Gasteiger partial charge in [0, 0.05) is 22.7 Å². The summed E-state index contributed by atoms with van der Waals surface area (Å²) in [6.45, 7) is 1.19. The maximum atomic E-state index is 4.62. The smallest absolute Gasteiger partial charge is 0.105 e. The van der Waals surface area contributed by atoms with Gasteiger partial charge in [0.25, 0.3) is 0 Å². The van der Waals surface area contributed by atoms with Crippen molar-refractivity contribution in [3.8, 4) is 0 Å². The molecule has 104 valence electrons. The number of rotatable bonds is 3. The van der Waals surface area contributed by atoms with Crippen LogP contribution in [0, 0.1) is 0 Å². The SMILES string of the molecule is CN1CCCC[C@@H]1c1cccnc1Sc1ccccc1. The maximum Gasteiger partial charge on any atom is 0.105 e. The Morgan fingerprint density at radius 3 is 2.75 bits per heavy atom. The monoisotopic (exact) mass is 284 g/mol. The van der Waals surface area contributed by atoms with Gasteiger partial charge in [0.05, 0.1) is 0 Å². The zero-order chi connectivity index (χ0) is 13.8. The van der Waals surface area contributed by atoms with E-state index in [1.165, 1.54) is 36.3 Å². The Morgan fingerprint density at radius 2 is 1.95 bits per heavy atom. The minimum absolute atomic E-state index is 0.517. The van der Waals surface area contributed by atoms with E-state index in [0.29, 0.717) is 6.04 Å². The fraction of sp³-hybridized carbons (Fsp3) is 0.353. The molecule has 2 nitrogen and oxygen atoms in total. The molecule has 1 aromatic heterocycles. The van der Waals surface area contributed by atoms with Crippen LogP contribution in [0.2, 0.25) is 0 Å². The second-order valence-corrected chi connectivity index (χ2v) is 6.37. The number of hydrogen-bond donors (Lipinski definition) is 0. The van der Waals surface area contributed by atoms with Gasteiger partial charge in [-0.15, -0.1) is 0 Å². The van der Waals surface area contributed by atoms with Crippen LogP contribution >= 0.6 is 11.8 Å². The summed E-state index contributed by atoms with van der Waals surface area (Å²) in [6.07, 6.45) is 5.77. The average molecular weight is 284 g/mol. The minimum Gasteiger partial charge on any atom is -0.299 e. The van der Waals surface area contributed by atoms with Crippen molar-refractivity contribution in [1.82, 2.24) is 9.88 Å². The Hall–Kier alpha value is -1.32. The average Bonchev–Trinajstić information content (AvgIpc) is 2.50. The lowest BCUT2D eigenvalue weighted by molar-refractivity contribution is 0.184. The number of likely N-dealkylation sites (tertiary alicyclic amines) is 1. The van der Waals surface area contributed by atoms with Gasteiger partial charge in [0.2, 0.25) is 0 Å². The molecule has 1 aliphatic heterocycles. The van der Waals surface area contributed by atoms with E-state index in [2.05, 4.69) is 59.4 Å². The van der Waals surface area contributed by atoms with Crippen molar-refractivity contribution in [3.05, 3.63) is 54.2 Å². The van der Waals surface area contributed by atoms with Crippen LogP contribution < -0.4 is 0 Å². The first-order chi connectivity index (χ1) is 9.84. The Morgan fingerprint density at radius 1 is 1.10 bits per heavy atom. The second kappa shape index (κ2) is 6.42. The molecule has 1 aliphatic rings. The predicted octanol–water partition coefficient (Wildman–Crippen LogP) is 4.39. The van der Waals surface area contributed by atoms with Gasteiger partial charge in [-0.05, 0) is 44.6 Å². The van der Waals surface area contributed by atoms with Crippen LogP contribution in [0.15, 0.2) is 58.6 Å². The Labute approximate surface area is 125 Å². The number of piperidine rings is 1. The molecule has 1 saturated heterocycles. The van der Waals surface area contributed by atoms with Gasteiger partial charge in [0.15, 0.2) is 0 Å². The largest absolute Gasteiger partial charge is 0.299 e. The summed E-state index contributed by atoms with van der Waals surface area (Å²) in [7, 11) is 2.23. The molecule has 0 spiro atoms. The topological polar surface area (TPSA) is 16.1 Å². The molecular formula is C17H20N2S. The third-order valence-electron chi connectivity index (χ3n) is 3.89. The molecule has 0 amide bonds. The molecule has 0 unspecified atom stereocenters. The van der Waals surface area contributed by atoms with Crippen LogP contribution in [0.3, 0.4) is 0 Å². The van der Waals surface area contributed by atoms with Crippen molar-refractivity contribution in [2.45, 2.75) is 35.2 Å². The molecule has 0 radical (unpaired) electrons. The zero-order valence-electron chi connectivity index (χ0n) is 11.8. The molecule has 0 saturated carbocycles. The molecular weight excluding hydrogens is 264 g/mol. The standard InChI is InChI=1S/C17H20N2S/c1-19-13-6-5-11-16(19)15-10-7-12-18-17(15)20-14-8-3-2-4-9-14/h2-4,7-10,12,16H,5-6,11,13H2,1H3/t16-/m1/s1. The molecule has 0 bridgehead atoms. The minimum atomic E-state index is 0.517. The summed E-state index contributed by atoms with van der Waals surface area (Å²) in [5.41, 5.74) is 1.38. The summed E-state index contributed by atoms with van der Waals surface area (Å²) >= 11 is 1.77. The summed E-state index contributed by atoms with van der Waals surface area (Å²) in [5, 5.41) is 1.15. The highest BCUT2D eigenvalue weighted by molar-refractivity contribution is 7.99. The third kappa shape index (κ3) is 3.05. The van der Waals surface area contributed by atoms with Crippen LogP contribution in [-0.2, 0) is 0 Å². The van der Waals surface area contributed by atoms with Crippen LogP contribution in [0.5, 0.6) is 0 Å². The highest BCUT2D eigenvalue weighted by atomic mass is 32.2. The van der Waals surface area contributed by atoms with E-state index in [9.17, 15) is 0 Å². The summed E-state index contributed by atoms with van der Waals surface area (Å²) in [4.78, 5) is 8.34. The van der Waals surface area contributed by atoms with E-state index >= 15 is 0 Å². The molecule has 0 N–H and O–H groups in total. The van der Waals surface area contributed by atoms with Crippen molar-refractivity contribution in [2.24, 2.45) is 0 Å². The van der Waals surface area contributed by atoms with Gasteiger partial charge in [-0.3, -0.25) is 4.90 Å². The van der Waals surface area contributed by atoms with Crippen LogP contribution in [0.1, 0.15) is 30.9 Å². The van der Waals surface area contributed by atoms with Crippen molar-refractivity contribution < 1.29 is 0 Å². The highest BCUT2D eigenvalue weighted by Crippen LogP contribution is 2.36. The summed E-state index contributed by atoms with van der Waals surface area (Å²) < 4.78 is 0. The molecule has 1 atom stereocenters. The fourth-order valence-electron chi connectivity index (χ4n) is 2.81. The van der Waals surface area contributed by atoms with Gasteiger partial charge in [-0.1, -0.05) is 42.4 Å². The van der Waals surface area contributed by atoms with Crippen LogP contribution in [0.25, 0.3) is 0 Å². The second-order valence-electron chi connectivity index (χ2n) is 5.31. The summed E-state index contributed by atoms with van der Waals surface area (Å²) in [6, 6.07) is 15.3. The molecule has 1 aromatic carbocycles. The first-order valence-corrected chi connectivity index (χ1v) is 8.04. The van der Waals surface area contributed by atoms with Gasteiger partial charge >= 0.3 is 0 Å². The van der Waals surface area contributed by atoms with E-state index in [0.717, 1.165) is 5.03 Å². The quantitative estimate of drug-likeness (QED) is 0.831. The van der Waals surface area contributed by atoms with Crippen molar-refractivity contribution in [1.29, 1.82) is 0 Å². The van der Waals surface area contributed by atoms with Gasteiger partial charge < -0.3 is 0 Å². The first-order valence-electron chi connectivity index (χ1n) is 7.22. The lowest BCUT2D eigenvalue weighted by Gasteiger charge is -2.33. The number of aromatic nitrogens is 1. The third-order valence-corrected chi connectivity index (χ3v) is 4.93. The highest BCUT2D eigenvalue weighted by Gasteiger charge is 2.23. The molecule has 20 heavy (non-hydrogen) atoms. The number of benzene rings is 1. The molecule has 2 aromatic rings. The lowest BCUT2D eigenvalue weighted by atomic mass is 9.97. The van der Waals surface area contributed by atoms with Crippen molar-refractivity contribution in [2.75, 3.05) is 13.6 Å². The normalized spacial score (nSPS) is 19.9. The van der Waals surface area contributed by atoms with Crippen LogP contribution in [-0.4, -0.2) is 23.5 Å². The Balaban J connectivity index is 1.88. The number of nitrogens with zero attached hydrogens (tertiary/aromatic N) is 2. The van der Waals surface area contributed by atoms with E-state index in [4.69, 9.17) is 0 Å². The van der Waals surface area contributed by atoms with E-state index in [1.807, 2.05) is 6.20 Å². The van der Waals surface area contributed by atoms with Crippen LogP contribution in [0.4, 0.5) is 0 Å². The Kier molecular flexibility index (Phi) is 4.38. The zero-order valence-corrected chi connectivity index (χ0v) is 12.6. The molecule has 3 heteroatoms. The van der Waals surface area contributed by atoms with Crippen molar-refractivity contribution >= 4 is 11.8 Å². The summed E-state index contributed by atoms with van der Waals surface area (Å²) in [5.74, 6) is 0. The first kappa shape index (κ1) is 13.7. The van der Waals surface area contributed by atoms with E-state index < -0.39 is 0 Å². The number of pyridine rings is 1. The fourth-order valence-corrected chi connectivity index (χ4v) is 3.76. The molecule has 1 fully saturated rings. The van der Waals surface area contributed by atoms with Gasteiger partial charge in [0.1, 0.15) is 5.03 Å². The van der Waals surface area contributed by atoms with Gasteiger partial charge in [-0.25, -0.2) is 4.98 Å². The molecule has 0 aliphatic carbocycles.